The minimum atomic E-state index is -0.371. The van der Waals surface area contributed by atoms with Crippen molar-refractivity contribution in [2.45, 2.75) is 20.4 Å². The van der Waals surface area contributed by atoms with Crippen molar-refractivity contribution in [2.24, 2.45) is 73.8 Å². The largest absolute Gasteiger partial charge is 0.339 e. The van der Waals surface area contributed by atoms with Gasteiger partial charge >= 0.3 is 22.8 Å². The van der Waals surface area contributed by atoms with Crippen LogP contribution in [0.3, 0.4) is 0 Å². The number of nitrogens with zero attached hydrogens (tertiary/aromatic N) is 13. The summed E-state index contributed by atoms with van der Waals surface area (Å²) in [6, 6.07) is 0. The molecular weight excluding hydrogens is 788 g/mol. The van der Waals surface area contributed by atoms with Gasteiger partial charge in [0.05, 0.1) is 25.3 Å². The van der Waals surface area contributed by atoms with Crippen molar-refractivity contribution in [3.8, 4) is 0 Å². The third kappa shape index (κ3) is 8.53. The number of hydrogen-bond donors (Lipinski definition) is 5. The summed E-state index contributed by atoms with van der Waals surface area (Å²) >= 11 is 0. The van der Waals surface area contributed by atoms with Gasteiger partial charge < -0.3 is 31.0 Å². The number of aromatic amines is 3. The summed E-state index contributed by atoms with van der Waals surface area (Å²) in [7, 11) is 12.3. The Hall–Kier alpha value is -7.48. The summed E-state index contributed by atoms with van der Waals surface area (Å²) in [6.45, 7) is 5.76. The van der Waals surface area contributed by atoms with Crippen LogP contribution in [-0.4, -0.2) is 89.1 Å². The number of aromatic nitrogens is 16. The van der Waals surface area contributed by atoms with Gasteiger partial charge in [0, 0.05) is 76.0 Å². The second kappa shape index (κ2) is 18.4. The normalized spacial score (nSPS) is 10.9. The van der Waals surface area contributed by atoms with Crippen molar-refractivity contribution in [2.75, 3.05) is 13.1 Å². The topological polar surface area (TPSA) is 332 Å². The third-order valence-corrected chi connectivity index (χ3v) is 9.00. The second-order valence-electron chi connectivity index (χ2n) is 13.7. The Labute approximate surface area is 336 Å². The van der Waals surface area contributed by atoms with Gasteiger partial charge in [0.1, 0.15) is 16.6 Å². The van der Waals surface area contributed by atoms with E-state index >= 15 is 0 Å². The standard InChI is InChI=1S/C10H14N4O2.C8H10N4O2.2C7H8N4O2.C2H8N2/c1-6(2)4-14-8-7(11-5-12-8)9(15)13(3)10(14)16;1-10-4-9-6-5(10)7(13)12(3)8(14)11(6)2;2*1-10-5-4(8-3-9-5)6(12)11(2)7(10)13;3-1-2-4/h5-6H,4H2,1-3H3,(H,11,12);4H,1-3H3;2*3H,1-2H3,(H,8,9);1-4H2. The molecule has 0 aromatic carbocycles. The highest BCUT2D eigenvalue weighted by atomic mass is 16.2. The second-order valence-corrected chi connectivity index (χ2v) is 13.7. The fourth-order valence-electron chi connectivity index (χ4n) is 5.71. The van der Waals surface area contributed by atoms with Crippen molar-refractivity contribution in [3.05, 3.63) is 109 Å². The SMILES string of the molecule is CC(C)Cn1c(=O)n(C)c(=O)c2[nH]cnc21.Cn1c(=O)c2[nH]cnc2n(C)c1=O.Cn1c(=O)c2[nH]cnc2n(C)c1=O.Cn1c(=O)c2c(ncn2C)n(C)c1=O.NCCN. The molecule has 0 saturated carbocycles. The molecule has 0 saturated heterocycles. The maximum absolute atomic E-state index is 11.9. The molecule has 0 amide bonds. The molecule has 0 bridgehead atoms. The molecule has 8 rings (SSSR count). The van der Waals surface area contributed by atoms with E-state index in [4.69, 9.17) is 11.5 Å². The van der Waals surface area contributed by atoms with E-state index in [-0.39, 0.29) is 45.0 Å². The summed E-state index contributed by atoms with van der Waals surface area (Å²) in [5.41, 5.74) is 10.2. The first-order valence-corrected chi connectivity index (χ1v) is 18.0. The molecule has 8 aromatic heterocycles. The molecule has 0 spiro atoms. The Morgan fingerprint density at radius 3 is 1.23 bits per heavy atom. The van der Waals surface area contributed by atoms with E-state index in [1.54, 1.807) is 32.8 Å². The lowest BCUT2D eigenvalue weighted by molar-refractivity contribution is 0.500. The molecule has 0 unspecified atom stereocenters. The Balaban J connectivity index is 0.000000172. The maximum atomic E-state index is 11.9. The molecule has 7 N–H and O–H groups in total. The first-order valence-electron chi connectivity index (χ1n) is 18.0. The Kier molecular flexibility index (Phi) is 13.9. The summed E-state index contributed by atoms with van der Waals surface area (Å²) in [6.07, 6.45) is 5.74. The van der Waals surface area contributed by atoms with Crippen molar-refractivity contribution < 1.29 is 0 Å². The highest BCUT2D eigenvalue weighted by molar-refractivity contribution is 5.71. The van der Waals surface area contributed by atoms with Crippen molar-refractivity contribution >= 4 is 44.7 Å². The van der Waals surface area contributed by atoms with E-state index in [0.29, 0.717) is 70.2 Å². The van der Waals surface area contributed by atoms with Gasteiger partial charge in [0.2, 0.25) is 0 Å². The van der Waals surface area contributed by atoms with E-state index in [9.17, 15) is 38.4 Å². The minimum Gasteiger partial charge on any atom is -0.339 e. The van der Waals surface area contributed by atoms with E-state index in [0.717, 1.165) is 18.3 Å². The Morgan fingerprint density at radius 1 is 0.483 bits per heavy atom. The lowest BCUT2D eigenvalue weighted by atomic mass is 10.2. The quantitative estimate of drug-likeness (QED) is 0.113. The van der Waals surface area contributed by atoms with Gasteiger partial charge in [-0.1, -0.05) is 13.8 Å². The van der Waals surface area contributed by atoms with Gasteiger partial charge in [-0.05, 0) is 5.92 Å². The Bertz CT molecular complexity index is 3210. The van der Waals surface area contributed by atoms with Gasteiger partial charge in [-0.3, -0.25) is 55.7 Å². The number of nitrogens with one attached hydrogen (secondary N) is 3. The molecule has 0 aliphatic rings. The minimum absolute atomic E-state index is 0.315. The summed E-state index contributed by atoms with van der Waals surface area (Å²) in [4.78, 5) is 116. The van der Waals surface area contributed by atoms with Crippen LogP contribution in [-0.2, 0) is 62.9 Å². The molecule has 322 valence electrons. The van der Waals surface area contributed by atoms with Crippen molar-refractivity contribution in [1.82, 2.24) is 76.0 Å². The highest BCUT2D eigenvalue weighted by Gasteiger charge is 2.14. The zero-order chi connectivity index (χ0) is 44.9. The monoisotopic (exact) mass is 836 g/mol. The first kappa shape index (κ1) is 45.2. The molecule has 8 aromatic rings. The number of rotatable bonds is 3. The number of H-pyrrole nitrogens is 3. The summed E-state index contributed by atoms with van der Waals surface area (Å²) in [5, 5.41) is 0. The van der Waals surface area contributed by atoms with Crippen LogP contribution in [0.5, 0.6) is 0 Å². The fourth-order valence-corrected chi connectivity index (χ4v) is 5.71. The number of aryl methyl sites for hydroxylation is 4. The lowest BCUT2D eigenvalue weighted by Gasteiger charge is -2.10. The fraction of sp³-hybridized carbons (Fsp3) is 0.412. The molecule has 0 aliphatic carbocycles. The molecule has 26 nitrogen and oxygen atoms in total. The van der Waals surface area contributed by atoms with Crippen molar-refractivity contribution in [3.63, 3.8) is 0 Å². The predicted octanol–water partition coefficient (Wildman–Crippen LogP) is -4.13. The average Bonchev–Trinajstić information content (AvgIpc) is 4.08. The van der Waals surface area contributed by atoms with E-state index < -0.39 is 0 Å². The molecule has 0 fully saturated rings. The first-order chi connectivity index (χ1) is 28.2. The Morgan fingerprint density at radius 2 is 0.833 bits per heavy atom. The summed E-state index contributed by atoms with van der Waals surface area (Å²) < 4.78 is 11.4. The van der Waals surface area contributed by atoms with E-state index in [1.165, 1.54) is 71.8 Å². The number of imidazole rings is 4. The average molecular weight is 837 g/mol. The van der Waals surface area contributed by atoms with Crippen LogP contribution in [0.25, 0.3) is 44.7 Å². The highest BCUT2D eigenvalue weighted by Crippen LogP contribution is 2.05. The van der Waals surface area contributed by atoms with Crippen LogP contribution < -0.4 is 56.5 Å². The number of nitrogens with two attached hydrogens (primary N) is 2. The van der Waals surface area contributed by atoms with E-state index in [1.807, 2.05) is 13.8 Å². The van der Waals surface area contributed by atoms with E-state index in [2.05, 4.69) is 34.9 Å². The summed E-state index contributed by atoms with van der Waals surface area (Å²) in [5.74, 6) is 0.315. The molecule has 0 atom stereocenters. The molecule has 60 heavy (non-hydrogen) atoms. The van der Waals surface area contributed by atoms with Gasteiger partial charge in [-0.15, -0.1) is 0 Å². The number of hydrogen-bond acceptors (Lipinski definition) is 14. The number of fused-ring (bicyclic) bond motifs is 4. The van der Waals surface area contributed by atoms with Gasteiger partial charge in [0.15, 0.2) is 28.1 Å². The van der Waals surface area contributed by atoms with Crippen molar-refractivity contribution in [1.29, 1.82) is 0 Å². The van der Waals surface area contributed by atoms with Crippen LogP contribution in [0.1, 0.15) is 13.8 Å². The zero-order valence-electron chi connectivity index (χ0n) is 34.7. The molecule has 26 heteroatoms. The third-order valence-electron chi connectivity index (χ3n) is 9.00. The molecular formula is C34H48N18O8. The van der Waals surface area contributed by atoms with Crippen LogP contribution in [0.4, 0.5) is 0 Å². The molecule has 0 aliphatic heterocycles. The van der Waals surface area contributed by atoms with Crippen LogP contribution in [0.2, 0.25) is 0 Å². The molecule has 8 heterocycles. The smallest absolute Gasteiger partial charge is 0.332 e. The van der Waals surface area contributed by atoms with Gasteiger partial charge in [-0.25, -0.2) is 39.1 Å². The van der Waals surface area contributed by atoms with Crippen LogP contribution in [0.15, 0.2) is 63.7 Å². The van der Waals surface area contributed by atoms with Gasteiger partial charge in [0.25, 0.3) is 22.2 Å². The van der Waals surface area contributed by atoms with Gasteiger partial charge in [-0.2, -0.15) is 0 Å². The maximum Gasteiger partial charge on any atom is 0.332 e. The predicted molar refractivity (Wildman–Crippen MR) is 223 cm³/mol. The van der Waals surface area contributed by atoms with Crippen LogP contribution >= 0.6 is 0 Å². The molecule has 0 radical (unpaired) electrons. The zero-order valence-corrected chi connectivity index (χ0v) is 34.7. The lowest BCUT2D eigenvalue weighted by Crippen LogP contribution is -2.38. The van der Waals surface area contributed by atoms with Crippen LogP contribution in [0, 0.1) is 5.92 Å².